The molecule has 5 heteroatoms. The van der Waals surface area contributed by atoms with Gasteiger partial charge in [0.25, 0.3) is 0 Å². The Morgan fingerprint density at radius 3 is 2.22 bits per heavy atom. The number of aldehydes is 1. The molecular weight excluding hydrogens is 289 g/mol. The number of benzene rings is 1. The average molecular weight is 315 g/mol. The highest BCUT2D eigenvalue weighted by molar-refractivity contribution is 6.63. The van der Waals surface area contributed by atoms with Crippen molar-refractivity contribution in [1.29, 1.82) is 0 Å². The molecule has 4 nitrogen and oxygen atoms in total. The maximum atomic E-state index is 11.8. The monoisotopic (exact) mass is 315 g/mol. The van der Waals surface area contributed by atoms with Crippen LogP contribution in [0.5, 0.6) is 0 Å². The van der Waals surface area contributed by atoms with E-state index in [4.69, 9.17) is 9.31 Å². The van der Waals surface area contributed by atoms with E-state index in [1.165, 1.54) is 19.3 Å². The normalized spacial score (nSPS) is 23.1. The van der Waals surface area contributed by atoms with Crippen molar-refractivity contribution in [3.63, 3.8) is 0 Å². The molecule has 2 aliphatic rings. The van der Waals surface area contributed by atoms with Crippen LogP contribution in [0.3, 0.4) is 0 Å². The third kappa shape index (κ3) is 2.92. The van der Waals surface area contributed by atoms with Gasteiger partial charge in [0, 0.05) is 24.3 Å². The molecule has 0 bridgehead atoms. The van der Waals surface area contributed by atoms with Gasteiger partial charge in [0.05, 0.1) is 11.2 Å². The van der Waals surface area contributed by atoms with Gasteiger partial charge in [-0.2, -0.15) is 0 Å². The minimum atomic E-state index is -0.495. The van der Waals surface area contributed by atoms with Crippen LogP contribution >= 0.6 is 0 Å². The van der Waals surface area contributed by atoms with Crippen molar-refractivity contribution in [2.45, 2.75) is 58.2 Å². The van der Waals surface area contributed by atoms with Crippen molar-refractivity contribution in [2.24, 2.45) is 0 Å². The molecule has 3 rings (SSSR count). The predicted molar refractivity (Wildman–Crippen MR) is 93.6 cm³/mol. The highest BCUT2D eigenvalue weighted by atomic mass is 16.7. The highest BCUT2D eigenvalue weighted by Gasteiger charge is 2.52. The van der Waals surface area contributed by atoms with E-state index in [9.17, 15) is 4.79 Å². The van der Waals surface area contributed by atoms with E-state index in [2.05, 4.69) is 4.90 Å². The van der Waals surface area contributed by atoms with Gasteiger partial charge in [-0.15, -0.1) is 0 Å². The summed E-state index contributed by atoms with van der Waals surface area (Å²) in [5.41, 5.74) is 1.74. The van der Waals surface area contributed by atoms with Crippen LogP contribution in [0.1, 0.15) is 57.3 Å². The summed E-state index contributed by atoms with van der Waals surface area (Å²) in [5.74, 6) is 0. The van der Waals surface area contributed by atoms with Crippen LogP contribution in [0.15, 0.2) is 18.2 Å². The molecule has 1 aromatic carbocycles. The second-order valence-electron chi connectivity index (χ2n) is 7.53. The van der Waals surface area contributed by atoms with Crippen molar-refractivity contribution in [1.82, 2.24) is 0 Å². The van der Waals surface area contributed by atoms with E-state index in [1.807, 2.05) is 45.9 Å². The average Bonchev–Trinajstić information content (AvgIpc) is 2.75. The zero-order valence-electron chi connectivity index (χ0n) is 14.6. The topological polar surface area (TPSA) is 38.8 Å². The summed E-state index contributed by atoms with van der Waals surface area (Å²) in [4.78, 5) is 14.1. The second-order valence-corrected chi connectivity index (χ2v) is 7.53. The standard InChI is InChI=1S/C18H26BNO3/c1-17(2)18(3,4)23-19(22-17)15-9-8-10-16(14(15)13-21)20-11-6-5-7-12-20/h8-10,13H,5-7,11-12H2,1-4H3. The van der Waals surface area contributed by atoms with Crippen molar-refractivity contribution in [2.75, 3.05) is 18.0 Å². The largest absolute Gasteiger partial charge is 0.495 e. The summed E-state index contributed by atoms with van der Waals surface area (Å²) in [6.07, 6.45) is 4.58. The lowest BCUT2D eigenvalue weighted by Crippen LogP contribution is -2.41. The Kier molecular flexibility index (Phi) is 4.28. The van der Waals surface area contributed by atoms with E-state index in [0.717, 1.165) is 30.5 Å². The Morgan fingerprint density at radius 2 is 1.65 bits per heavy atom. The van der Waals surface area contributed by atoms with E-state index < -0.39 is 18.3 Å². The number of carbonyl (C=O) groups is 1. The molecule has 0 aromatic heterocycles. The van der Waals surface area contributed by atoms with Crippen LogP contribution in [0.25, 0.3) is 0 Å². The van der Waals surface area contributed by atoms with Gasteiger partial charge in [0.2, 0.25) is 0 Å². The molecule has 0 unspecified atom stereocenters. The number of carbonyl (C=O) groups excluding carboxylic acids is 1. The molecule has 23 heavy (non-hydrogen) atoms. The summed E-state index contributed by atoms with van der Waals surface area (Å²) in [5, 5.41) is 0. The summed E-state index contributed by atoms with van der Waals surface area (Å²) in [6, 6.07) is 5.97. The van der Waals surface area contributed by atoms with Crippen LogP contribution in [-0.4, -0.2) is 37.7 Å². The molecule has 0 N–H and O–H groups in total. The molecule has 0 amide bonds. The maximum Gasteiger partial charge on any atom is 0.495 e. The van der Waals surface area contributed by atoms with Gasteiger partial charge in [-0.1, -0.05) is 12.1 Å². The fraction of sp³-hybridized carbons (Fsp3) is 0.611. The Morgan fingerprint density at radius 1 is 1.04 bits per heavy atom. The Balaban J connectivity index is 1.96. The summed E-state index contributed by atoms with van der Waals surface area (Å²) in [7, 11) is -0.495. The smallest absolute Gasteiger partial charge is 0.399 e. The Labute approximate surface area is 139 Å². The first-order valence-corrected chi connectivity index (χ1v) is 8.54. The minimum Gasteiger partial charge on any atom is -0.399 e. The summed E-state index contributed by atoms with van der Waals surface area (Å²) >= 11 is 0. The fourth-order valence-electron chi connectivity index (χ4n) is 3.28. The first-order valence-electron chi connectivity index (χ1n) is 8.54. The summed E-state index contributed by atoms with van der Waals surface area (Å²) < 4.78 is 12.3. The predicted octanol–water partition coefficient (Wildman–Crippen LogP) is 2.79. The lowest BCUT2D eigenvalue weighted by Gasteiger charge is -2.32. The lowest BCUT2D eigenvalue weighted by molar-refractivity contribution is 0.00578. The van der Waals surface area contributed by atoms with Crippen LogP contribution in [0, 0.1) is 0 Å². The van der Waals surface area contributed by atoms with Gasteiger partial charge in [-0.05, 0) is 58.5 Å². The van der Waals surface area contributed by atoms with Crippen LogP contribution in [-0.2, 0) is 9.31 Å². The van der Waals surface area contributed by atoms with E-state index in [-0.39, 0.29) is 0 Å². The van der Waals surface area contributed by atoms with Crippen LogP contribution < -0.4 is 10.4 Å². The van der Waals surface area contributed by atoms with Gasteiger partial charge in [0.1, 0.15) is 0 Å². The van der Waals surface area contributed by atoms with Gasteiger partial charge in [-0.25, -0.2) is 0 Å². The third-order valence-corrected chi connectivity index (χ3v) is 5.44. The molecule has 0 aliphatic carbocycles. The number of hydrogen-bond donors (Lipinski definition) is 0. The summed E-state index contributed by atoms with van der Waals surface area (Å²) in [6.45, 7) is 10.1. The number of anilines is 1. The van der Waals surface area contributed by atoms with Crippen molar-refractivity contribution >= 4 is 24.6 Å². The number of hydrogen-bond acceptors (Lipinski definition) is 4. The van der Waals surface area contributed by atoms with Gasteiger partial charge >= 0.3 is 7.12 Å². The molecule has 2 heterocycles. The van der Waals surface area contributed by atoms with Gasteiger partial charge in [-0.3, -0.25) is 4.79 Å². The number of piperidine rings is 1. The molecule has 0 atom stereocenters. The molecule has 124 valence electrons. The molecule has 2 aliphatic heterocycles. The Bertz CT molecular complexity index is 578. The zero-order chi connectivity index (χ0) is 16.7. The molecule has 0 saturated carbocycles. The zero-order valence-corrected chi connectivity index (χ0v) is 14.6. The molecule has 0 radical (unpaired) electrons. The van der Waals surface area contributed by atoms with Crippen LogP contribution in [0.4, 0.5) is 5.69 Å². The quantitative estimate of drug-likeness (QED) is 0.635. The van der Waals surface area contributed by atoms with Crippen molar-refractivity contribution in [3.05, 3.63) is 23.8 Å². The molecule has 2 saturated heterocycles. The van der Waals surface area contributed by atoms with Crippen molar-refractivity contribution in [3.8, 4) is 0 Å². The number of rotatable bonds is 3. The van der Waals surface area contributed by atoms with E-state index >= 15 is 0 Å². The molecule has 0 spiro atoms. The first-order chi connectivity index (χ1) is 10.9. The Hall–Kier alpha value is -1.33. The fourth-order valence-corrected chi connectivity index (χ4v) is 3.28. The van der Waals surface area contributed by atoms with Crippen LogP contribution in [0.2, 0.25) is 0 Å². The maximum absolute atomic E-state index is 11.8. The lowest BCUT2D eigenvalue weighted by atomic mass is 9.75. The molecule has 2 fully saturated rings. The molecular formula is C18H26BNO3. The van der Waals surface area contributed by atoms with E-state index in [0.29, 0.717) is 5.56 Å². The van der Waals surface area contributed by atoms with Crippen molar-refractivity contribution < 1.29 is 14.1 Å². The molecule has 1 aromatic rings. The number of nitrogens with zero attached hydrogens (tertiary/aromatic N) is 1. The second kappa shape index (κ2) is 5.95. The van der Waals surface area contributed by atoms with Gasteiger partial charge in [0.15, 0.2) is 6.29 Å². The van der Waals surface area contributed by atoms with E-state index in [1.54, 1.807) is 0 Å². The SMILES string of the molecule is CC1(C)OB(c2cccc(N3CCCCC3)c2C=O)OC1(C)C. The minimum absolute atomic E-state index is 0.404. The van der Waals surface area contributed by atoms with Gasteiger partial charge < -0.3 is 14.2 Å². The third-order valence-electron chi connectivity index (χ3n) is 5.44. The first kappa shape index (κ1) is 16.5. The highest BCUT2D eigenvalue weighted by Crippen LogP contribution is 2.37.